The minimum atomic E-state index is 1.03. The summed E-state index contributed by atoms with van der Waals surface area (Å²) >= 11 is 0. The van der Waals surface area contributed by atoms with E-state index in [-0.39, 0.29) is 0 Å². The van der Waals surface area contributed by atoms with Gasteiger partial charge in [-0.1, -0.05) is 0 Å². The van der Waals surface area contributed by atoms with Crippen molar-refractivity contribution in [1.82, 2.24) is 39.9 Å². The second-order valence-corrected chi connectivity index (χ2v) is 10.8. The Kier molecular flexibility index (Phi) is 5.40. The van der Waals surface area contributed by atoms with Crippen LogP contribution in [0, 0.1) is 13.8 Å². The van der Waals surface area contributed by atoms with E-state index in [1.54, 1.807) is 0 Å². The Morgan fingerprint density at radius 3 is 0.500 bits per heavy atom. The SMILES string of the molecule is Cc1ccc(-c2ccc(-c3ccc(-c4ccc(-c5ccc(-c6ccc(-c7ccc(-c8ccc(C)[nH]8)[nH]7)[nH]6)[nH]5)[nH]4)[nH]3)[nH]2)[nH]1. The molecule has 0 fully saturated rings. The summed E-state index contributed by atoms with van der Waals surface area (Å²) in [7, 11) is 0. The Hall–Kier alpha value is -5.76. The van der Waals surface area contributed by atoms with Crippen LogP contribution in [-0.2, 0) is 0 Å². The van der Waals surface area contributed by atoms with Crippen LogP contribution in [-0.4, -0.2) is 39.9 Å². The van der Waals surface area contributed by atoms with Gasteiger partial charge < -0.3 is 39.9 Å². The number of aromatic amines is 8. The molecule has 42 heavy (non-hydrogen) atoms. The van der Waals surface area contributed by atoms with Crippen LogP contribution >= 0.6 is 0 Å². The number of aromatic nitrogens is 8. The van der Waals surface area contributed by atoms with Crippen molar-refractivity contribution in [2.45, 2.75) is 13.8 Å². The van der Waals surface area contributed by atoms with Gasteiger partial charge >= 0.3 is 0 Å². The van der Waals surface area contributed by atoms with Gasteiger partial charge in [-0.25, -0.2) is 0 Å². The molecule has 0 saturated carbocycles. The van der Waals surface area contributed by atoms with E-state index < -0.39 is 0 Å². The van der Waals surface area contributed by atoms with Crippen LogP contribution in [0.2, 0.25) is 0 Å². The van der Waals surface area contributed by atoms with Crippen molar-refractivity contribution in [2.75, 3.05) is 0 Å². The van der Waals surface area contributed by atoms with Gasteiger partial charge in [0.25, 0.3) is 0 Å². The molecule has 0 saturated heterocycles. The van der Waals surface area contributed by atoms with Gasteiger partial charge in [0.2, 0.25) is 0 Å². The zero-order valence-corrected chi connectivity index (χ0v) is 23.2. The average Bonchev–Trinajstić information content (AvgIpc) is 3.81. The van der Waals surface area contributed by atoms with Crippen LogP contribution in [0.25, 0.3) is 79.7 Å². The van der Waals surface area contributed by atoms with E-state index in [9.17, 15) is 0 Å². The fourth-order valence-electron chi connectivity index (χ4n) is 5.58. The minimum absolute atomic E-state index is 1.03. The molecule has 0 radical (unpaired) electrons. The first kappa shape index (κ1) is 24.1. The smallest absolute Gasteiger partial charge is 0.0624 e. The fourth-order valence-corrected chi connectivity index (χ4v) is 5.58. The van der Waals surface area contributed by atoms with Crippen molar-refractivity contribution in [3.05, 3.63) is 108 Å². The van der Waals surface area contributed by atoms with Gasteiger partial charge in [0, 0.05) is 11.4 Å². The third-order valence-corrected chi connectivity index (χ3v) is 7.81. The van der Waals surface area contributed by atoms with Crippen LogP contribution in [0.3, 0.4) is 0 Å². The van der Waals surface area contributed by atoms with Crippen molar-refractivity contribution in [2.24, 2.45) is 0 Å². The first-order valence-corrected chi connectivity index (χ1v) is 14.0. The highest BCUT2D eigenvalue weighted by Gasteiger charge is 2.13. The molecule has 0 aliphatic rings. The van der Waals surface area contributed by atoms with Crippen molar-refractivity contribution in [3.8, 4) is 79.7 Å². The first-order valence-electron chi connectivity index (χ1n) is 14.0. The lowest BCUT2D eigenvalue weighted by molar-refractivity contribution is 1.24. The zero-order valence-electron chi connectivity index (χ0n) is 23.2. The van der Waals surface area contributed by atoms with Gasteiger partial charge in [-0.15, -0.1) is 0 Å². The molecule has 206 valence electrons. The van der Waals surface area contributed by atoms with E-state index >= 15 is 0 Å². The van der Waals surface area contributed by atoms with Crippen molar-refractivity contribution < 1.29 is 0 Å². The second-order valence-electron chi connectivity index (χ2n) is 10.8. The highest BCUT2D eigenvalue weighted by Crippen LogP contribution is 2.31. The lowest BCUT2D eigenvalue weighted by Gasteiger charge is -1.98. The number of nitrogens with one attached hydrogen (secondary N) is 8. The Morgan fingerprint density at radius 1 is 0.214 bits per heavy atom. The summed E-state index contributed by atoms with van der Waals surface area (Å²) in [5, 5.41) is 0. The summed E-state index contributed by atoms with van der Waals surface area (Å²) in [5.74, 6) is 0. The van der Waals surface area contributed by atoms with Gasteiger partial charge in [0.1, 0.15) is 0 Å². The average molecular weight is 551 g/mol. The van der Waals surface area contributed by atoms with Crippen LogP contribution in [0.4, 0.5) is 0 Å². The molecule has 8 N–H and O–H groups in total. The summed E-state index contributed by atoms with van der Waals surface area (Å²) in [4.78, 5) is 28.0. The van der Waals surface area contributed by atoms with E-state index in [1.807, 2.05) is 0 Å². The predicted molar refractivity (Wildman–Crippen MR) is 169 cm³/mol. The third-order valence-electron chi connectivity index (χ3n) is 7.81. The number of H-pyrrole nitrogens is 8. The van der Waals surface area contributed by atoms with E-state index in [4.69, 9.17) is 0 Å². The van der Waals surface area contributed by atoms with Gasteiger partial charge in [-0.3, -0.25) is 0 Å². The molecule has 0 aromatic carbocycles. The molecule has 0 bridgehead atoms. The molecule has 0 spiro atoms. The molecular weight excluding hydrogens is 520 g/mol. The molecule has 0 aliphatic carbocycles. The summed E-state index contributed by atoms with van der Waals surface area (Å²) < 4.78 is 0. The Morgan fingerprint density at radius 2 is 0.357 bits per heavy atom. The standard InChI is InChI=1S/C34H30N8/c1-19-3-5-21(35-19)23-7-9-25(37-23)27-11-13-29(39-27)31-15-17-33(41-31)34-18-16-32(42-34)30-14-12-28(40-30)26-10-8-24(38-26)22-6-4-20(2)36-22/h3-18,35-42H,1-2H3. The largest absolute Gasteiger partial charge is 0.357 e. The Balaban J connectivity index is 0.990. The quantitative estimate of drug-likeness (QED) is 0.0967. The zero-order chi connectivity index (χ0) is 28.2. The molecule has 8 heteroatoms. The van der Waals surface area contributed by atoms with Crippen molar-refractivity contribution in [1.29, 1.82) is 0 Å². The van der Waals surface area contributed by atoms with Crippen LogP contribution in [0.5, 0.6) is 0 Å². The fraction of sp³-hybridized carbons (Fsp3) is 0.0588. The molecule has 8 rings (SSSR count). The summed E-state index contributed by atoms with van der Waals surface area (Å²) in [6, 6.07) is 33.6. The Bertz CT molecular complexity index is 1990. The number of rotatable bonds is 7. The molecule has 8 aromatic rings. The minimum Gasteiger partial charge on any atom is -0.357 e. The van der Waals surface area contributed by atoms with E-state index in [0.717, 1.165) is 91.1 Å². The number of hydrogen-bond acceptors (Lipinski definition) is 0. The van der Waals surface area contributed by atoms with Crippen molar-refractivity contribution >= 4 is 0 Å². The molecule has 8 heterocycles. The monoisotopic (exact) mass is 550 g/mol. The van der Waals surface area contributed by atoms with Gasteiger partial charge in [0.15, 0.2) is 0 Å². The number of hydrogen-bond donors (Lipinski definition) is 8. The van der Waals surface area contributed by atoms with E-state index in [0.29, 0.717) is 0 Å². The van der Waals surface area contributed by atoms with Gasteiger partial charge in [0.05, 0.1) is 79.7 Å². The van der Waals surface area contributed by atoms with Gasteiger partial charge in [-0.05, 0) is 111 Å². The molecule has 0 aliphatic heterocycles. The van der Waals surface area contributed by atoms with E-state index in [1.165, 1.54) is 0 Å². The highest BCUT2D eigenvalue weighted by atomic mass is 14.9. The van der Waals surface area contributed by atoms with Gasteiger partial charge in [-0.2, -0.15) is 0 Å². The molecule has 8 nitrogen and oxygen atoms in total. The predicted octanol–water partition coefficient (Wildman–Crippen LogP) is 8.60. The van der Waals surface area contributed by atoms with Crippen LogP contribution < -0.4 is 0 Å². The van der Waals surface area contributed by atoms with E-state index in [2.05, 4.69) is 151 Å². The number of aryl methyl sites for hydroxylation is 2. The topological polar surface area (TPSA) is 126 Å². The summed E-state index contributed by atoms with van der Waals surface area (Å²) in [6.07, 6.45) is 0. The maximum Gasteiger partial charge on any atom is 0.0624 e. The molecule has 8 aromatic heterocycles. The maximum atomic E-state index is 3.56. The normalized spacial score (nSPS) is 11.6. The lowest BCUT2D eigenvalue weighted by atomic mass is 10.3. The van der Waals surface area contributed by atoms with Crippen molar-refractivity contribution in [3.63, 3.8) is 0 Å². The third kappa shape index (κ3) is 4.26. The summed E-state index contributed by atoms with van der Waals surface area (Å²) in [5.41, 5.74) is 16.9. The first-order chi connectivity index (χ1) is 20.6. The Labute approximate surface area is 241 Å². The highest BCUT2D eigenvalue weighted by molar-refractivity contribution is 5.73. The molecular formula is C34H30N8. The summed E-state index contributed by atoms with van der Waals surface area (Å²) in [6.45, 7) is 4.12. The van der Waals surface area contributed by atoms with Crippen LogP contribution in [0.1, 0.15) is 11.4 Å². The molecule has 0 unspecified atom stereocenters. The van der Waals surface area contributed by atoms with Crippen LogP contribution in [0.15, 0.2) is 97.1 Å². The second kappa shape index (κ2) is 9.42. The maximum absolute atomic E-state index is 3.56. The molecule has 0 amide bonds. The lowest BCUT2D eigenvalue weighted by Crippen LogP contribution is -1.83. The molecule has 0 atom stereocenters.